The summed E-state index contributed by atoms with van der Waals surface area (Å²) in [6.45, 7) is 4.66. The number of unbranched alkanes of at least 4 members (excludes halogenated alkanes) is 2. The van der Waals surface area contributed by atoms with Crippen molar-refractivity contribution >= 4 is 27.3 Å². The van der Waals surface area contributed by atoms with Gasteiger partial charge in [-0.05, 0) is 57.7 Å². The number of anilines is 2. The first-order valence-corrected chi connectivity index (χ1v) is 12.1. The molecule has 1 aromatic carbocycles. The molecule has 1 fully saturated rings. The SMILES string of the molecule is CC(C)S(=O)(=O)NCCCCCNc1cccc(NC(=O)C2CCCCC2)c1. The number of hydrogen-bond acceptors (Lipinski definition) is 4. The van der Waals surface area contributed by atoms with Crippen molar-refractivity contribution in [1.29, 1.82) is 0 Å². The van der Waals surface area contributed by atoms with Crippen LogP contribution in [0.3, 0.4) is 0 Å². The van der Waals surface area contributed by atoms with Crippen LogP contribution in [0.15, 0.2) is 24.3 Å². The van der Waals surface area contributed by atoms with Crippen molar-refractivity contribution in [3.05, 3.63) is 24.3 Å². The first-order valence-electron chi connectivity index (χ1n) is 10.5. The van der Waals surface area contributed by atoms with Gasteiger partial charge in [0.25, 0.3) is 0 Å². The lowest BCUT2D eigenvalue weighted by Gasteiger charge is -2.21. The van der Waals surface area contributed by atoms with Gasteiger partial charge in [0.2, 0.25) is 15.9 Å². The van der Waals surface area contributed by atoms with Crippen molar-refractivity contribution in [3.63, 3.8) is 0 Å². The Morgan fingerprint density at radius 2 is 1.71 bits per heavy atom. The average Bonchev–Trinajstić information content (AvgIpc) is 2.68. The third-order valence-corrected chi connectivity index (χ3v) is 7.06. The zero-order valence-corrected chi connectivity index (χ0v) is 18.0. The van der Waals surface area contributed by atoms with Gasteiger partial charge < -0.3 is 10.6 Å². The molecule has 158 valence electrons. The Hall–Kier alpha value is -1.60. The lowest BCUT2D eigenvalue weighted by atomic mass is 9.88. The lowest BCUT2D eigenvalue weighted by Crippen LogP contribution is -2.31. The molecule has 0 aromatic heterocycles. The molecular weight excluding hydrogens is 374 g/mol. The monoisotopic (exact) mass is 409 g/mol. The molecule has 0 unspecified atom stereocenters. The Kier molecular flexibility index (Phi) is 9.25. The van der Waals surface area contributed by atoms with Crippen LogP contribution in [0, 0.1) is 5.92 Å². The smallest absolute Gasteiger partial charge is 0.227 e. The molecule has 1 aromatic rings. The summed E-state index contributed by atoms with van der Waals surface area (Å²) in [6.07, 6.45) is 8.27. The summed E-state index contributed by atoms with van der Waals surface area (Å²) in [7, 11) is -3.16. The predicted molar refractivity (Wildman–Crippen MR) is 116 cm³/mol. The number of sulfonamides is 1. The van der Waals surface area contributed by atoms with Gasteiger partial charge in [0.15, 0.2) is 0 Å². The highest BCUT2D eigenvalue weighted by molar-refractivity contribution is 7.90. The fraction of sp³-hybridized carbons (Fsp3) is 0.667. The molecule has 0 spiro atoms. The van der Waals surface area contributed by atoms with Crippen LogP contribution in [-0.2, 0) is 14.8 Å². The lowest BCUT2D eigenvalue weighted by molar-refractivity contribution is -0.120. The van der Waals surface area contributed by atoms with Gasteiger partial charge in [-0.25, -0.2) is 13.1 Å². The Labute approximate surface area is 169 Å². The molecule has 6 nitrogen and oxygen atoms in total. The second-order valence-corrected chi connectivity index (χ2v) is 10.2. The highest BCUT2D eigenvalue weighted by Gasteiger charge is 2.21. The van der Waals surface area contributed by atoms with Crippen molar-refractivity contribution in [1.82, 2.24) is 4.72 Å². The van der Waals surface area contributed by atoms with Gasteiger partial charge in [-0.3, -0.25) is 4.79 Å². The number of carbonyl (C=O) groups excluding carboxylic acids is 1. The molecule has 2 rings (SSSR count). The minimum atomic E-state index is -3.16. The van der Waals surface area contributed by atoms with E-state index in [0.29, 0.717) is 6.54 Å². The summed E-state index contributed by atoms with van der Waals surface area (Å²) >= 11 is 0. The van der Waals surface area contributed by atoms with Crippen LogP contribution < -0.4 is 15.4 Å². The normalized spacial score (nSPS) is 15.5. The van der Waals surface area contributed by atoms with Gasteiger partial charge in [0.1, 0.15) is 0 Å². The molecule has 0 aliphatic heterocycles. The van der Waals surface area contributed by atoms with E-state index in [1.807, 2.05) is 24.3 Å². The van der Waals surface area contributed by atoms with Gasteiger partial charge in [0.05, 0.1) is 5.25 Å². The fourth-order valence-electron chi connectivity index (χ4n) is 3.36. The van der Waals surface area contributed by atoms with Crippen molar-refractivity contribution in [2.24, 2.45) is 5.92 Å². The van der Waals surface area contributed by atoms with Crippen molar-refractivity contribution in [3.8, 4) is 0 Å². The Balaban J connectivity index is 1.65. The van der Waals surface area contributed by atoms with Gasteiger partial charge in [-0.2, -0.15) is 0 Å². The minimum Gasteiger partial charge on any atom is -0.385 e. The predicted octanol–water partition coefficient (Wildman–Crippen LogP) is 4.12. The molecule has 1 aliphatic rings. The quantitative estimate of drug-likeness (QED) is 0.480. The van der Waals surface area contributed by atoms with Crippen molar-refractivity contribution in [2.75, 3.05) is 23.7 Å². The number of amides is 1. The minimum absolute atomic E-state index is 0.140. The second kappa shape index (κ2) is 11.4. The fourth-order valence-corrected chi connectivity index (χ4v) is 4.12. The first-order chi connectivity index (χ1) is 13.4. The summed E-state index contributed by atoms with van der Waals surface area (Å²) < 4.78 is 26.0. The van der Waals surface area contributed by atoms with Crippen LogP contribution in [0.4, 0.5) is 11.4 Å². The molecular formula is C21H35N3O3S. The number of benzene rings is 1. The van der Waals surface area contributed by atoms with E-state index >= 15 is 0 Å². The number of nitrogens with one attached hydrogen (secondary N) is 3. The van der Waals surface area contributed by atoms with E-state index in [2.05, 4.69) is 15.4 Å². The summed E-state index contributed by atoms with van der Waals surface area (Å²) in [4.78, 5) is 12.4. The molecule has 0 bridgehead atoms. The molecule has 28 heavy (non-hydrogen) atoms. The third-order valence-electron chi connectivity index (χ3n) is 5.21. The van der Waals surface area contributed by atoms with E-state index in [9.17, 15) is 13.2 Å². The Bertz CT molecular complexity index is 713. The van der Waals surface area contributed by atoms with E-state index in [1.54, 1.807) is 13.8 Å². The summed E-state index contributed by atoms with van der Waals surface area (Å²) in [5.41, 5.74) is 1.82. The van der Waals surface area contributed by atoms with Crippen LogP contribution in [-0.4, -0.2) is 32.7 Å². The average molecular weight is 410 g/mol. The molecule has 1 saturated carbocycles. The molecule has 0 atom stereocenters. The number of hydrogen-bond donors (Lipinski definition) is 3. The molecule has 0 heterocycles. The van der Waals surface area contributed by atoms with E-state index in [1.165, 1.54) is 6.42 Å². The zero-order valence-electron chi connectivity index (χ0n) is 17.2. The van der Waals surface area contributed by atoms with Gasteiger partial charge in [0, 0.05) is 30.4 Å². The summed E-state index contributed by atoms with van der Waals surface area (Å²) in [5.74, 6) is 0.291. The van der Waals surface area contributed by atoms with Gasteiger partial charge in [-0.1, -0.05) is 31.7 Å². The molecule has 3 N–H and O–H groups in total. The largest absolute Gasteiger partial charge is 0.385 e. The van der Waals surface area contributed by atoms with Crippen LogP contribution >= 0.6 is 0 Å². The van der Waals surface area contributed by atoms with Crippen LogP contribution in [0.25, 0.3) is 0 Å². The van der Waals surface area contributed by atoms with Crippen LogP contribution in [0.5, 0.6) is 0 Å². The van der Waals surface area contributed by atoms with E-state index in [0.717, 1.165) is 62.9 Å². The maximum Gasteiger partial charge on any atom is 0.227 e. The topological polar surface area (TPSA) is 87.3 Å². The van der Waals surface area contributed by atoms with Gasteiger partial charge >= 0.3 is 0 Å². The highest BCUT2D eigenvalue weighted by atomic mass is 32.2. The van der Waals surface area contributed by atoms with Crippen molar-refractivity contribution in [2.45, 2.75) is 70.5 Å². The first kappa shape index (κ1) is 22.7. The van der Waals surface area contributed by atoms with Crippen LogP contribution in [0.2, 0.25) is 0 Å². The molecule has 0 saturated heterocycles. The Morgan fingerprint density at radius 1 is 1.04 bits per heavy atom. The van der Waals surface area contributed by atoms with E-state index < -0.39 is 10.0 Å². The van der Waals surface area contributed by atoms with Gasteiger partial charge in [-0.15, -0.1) is 0 Å². The molecule has 7 heteroatoms. The summed E-state index contributed by atoms with van der Waals surface area (Å²) in [6, 6.07) is 7.83. The second-order valence-electron chi connectivity index (χ2n) is 7.88. The van der Waals surface area contributed by atoms with E-state index in [-0.39, 0.29) is 17.1 Å². The molecule has 1 amide bonds. The molecule has 1 aliphatic carbocycles. The third kappa shape index (κ3) is 7.80. The number of carbonyl (C=O) groups is 1. The van der Waals surface area contributed by atoms with Crippen LogP contribution in [0.1, 0.15) is 65.2 Å². The highest BCUT2D eigenvalue weighted by Crippen LogP contribution is 2.25. The number of rotatable bonds is 11. The molecule has 0 radical (unpaired) electrons. The van der Waals surface area contributed by atoms with Crippen molar-refractivity contribution < 1.29 is 13.2 Å². The standard InChI is InChI=1S/C21H35N3O3S/c1-17(2)28(26,27)23-15-8-4-7-14-22-19-12-9-13-20(16-19)24-21(25)18-10-5-3-6-11-18/h9,12-13,16-18,22-23H,3-8,10-11,14-15H2,1-2H3,(H,24,25). The zero-order chi connectivity index (χ0) is 20.4. The summed E-state index contributed by atoms with van der Waals surface area (Å²) in [5, 5.41) is 6.03. The van der Waals surface area contributed by atoms with E-state index in [4.69, 9.17) is 0 Å². The Morgan fingerprint density at radius 3 is 2.43 bits per heavy atom. The maximum absolute atomic E-state index is 12.4. The maximum atomic E-state index is 12.4.